The molecule has 7 heterocycles. The first-order valence-electron chi connectivity index (χ1n) is 45.4. The lowest BCUT2D eigenvalue weighted by molar-refractivity contribution is -0.669. The van der Waals surface area contributed by atoms with Crippen LogP contribution in [-0.4, -0.2) is 87.7 Å². The Kier molecular flexibility index (Phi) is 36.8. The minimum atomic E-state index is -6.09. The number of anilines is 3. The number of phenols is 1. The molecule has 0 radical (unpaired) electrons. The third-order valence-corrected chi connectivity index (χ3v) is 31.8. The lowest BCUT2D eigenvalue weighted by Crippen LogP contribution is -2.33. The second-order valence-corrected chi connectivity index (χ2v) is 44.5. The summed E-state index contributed by atoms with van der Waals surface area (Å²) in [6, 6.07) is 60.6. The van der Waals surface area contributed by atoms with Crippen LogP contribution in [0.3, 0.4) is 0 Å². The van der Waals surface area contributed by atoms with E-state index in [0.29, 0.717) is 27.6 Å². The largest absolute Gasteiger partial charge is 0.741 e. The zero-order valence-electron chi connectivity index (χ0n) is 82.2. The molecule has 12 aromatic carbocycles. The van der Waals surface area contributed by atoms with Gasteiger partial charge in [0.05, 0.1) is 73.5 Å². The van der Waals surface area contributed by atoms with Crippen molar-refractivity contribution in [2.45, 2.75) is 172 Å². The summed E-state index contributed by atoms with van der Waals surface area (Å²) >= 11 is 41.7. The summed E-state index contributed by atoms with van der Waals surface area (Å²) in [6.07, 6.45) is 5.06. The molecule has 3 aliphatic rings. The topological polar surface area (TPSA) is 222 Å². The van der Waals surface area contributed by atoms with Crippen molar-refractivity contribution in [3.05, 3.63) is 317 Å². The van der Waals surface area contributed by atoms with E-state index in [-0.39, 0.29) is 23.1 Å². The Morgan fingerprint density at radius 3 is 1.26 bits per heavy atom. The average molecular weight is 2140 g/mol. The van der Waals surface area contributed by atoms with Crippen molar-refractivity contribution in [3.63, 3.8) is 0 Å². The number of aryl methyl sites for hydroxylation is 15. The number of ketones is 3. The van der Waals surface area contributed by atoms with Crippen molar-refractivity contribution in [1.82, 2.24) is 9.97 Å². The van der Waals surface area contributed by atoms with E-state index in [1.807, 2.05) is 112 Å². The van der Waals surface area contributed by atoms with Crippen LogP contribution in [0.2, 0.25) is 25.1 Å². The van der Waals surface area contributed by atoms with Crippen LogP contribution < -0.4 is 24.7 Å². The molecule has 0 unspecified atom stereocenters. The van der Waals surface area contributed by atoms with Gasteiger partial charge in [-0.3, -0.25) is 14.4 Å². The van der Waals surface area contributed by atoms with Crippen molar-refractivity contribution < 1.29 is 64.7 Å². The summed E-state index contributed by atoms with van der Waals surface area (Å²) in [6.45, 7) is 45.6. The van der Waals surface area contributed by atoms with Crippen LogP contribution in [0, 0.1) is 96.9 Å². The first-order valence-corrected chi connectivity index (χ1v) is 53.6. The summed E-state index contributed by atoms with van der Waals surface area (Å²) in [5.41, 5.74) is 24.8. The first kappa shape index (κ1) is 111. The summed E-state index contributed by atoms with van der Waals surface area (Å²) in [4.78, 5) is 53.7. The number of aromatic nitrogens is 3. The van der Waals surface area contributed by atoms with Crippen LogP contribution in [0.1, 0.15) is 125 Å². The predicted molar refractivity (Wildman–Crippen MR) is 593 cm³/mol. The Labute approximate surface area is 877 Å². The number of fused-ring (bicyclic) bond motifs is 10. The van der Waals surface area contributed by atoms with Gasteiger partial charge in [-0.15, -0.1) is 22.7 Å². The third-order valence-electron chi connectivity index (χ3n) is 23.3. The number of phenolic OH excluding ortho intramolecular Hbond substituents is 1. The molecule has 738 valence electrons. The van der Waals surface area contributed by atoms with Crippen molar-refractivity contribution in [2.24, 2.45) is 0 Å². The van der Waals surface area contributed by atoms with Gasteiger partial charge in [-0.2, -0.15) is 17.7 Å². The molecule has 142 heavy (non-hydrogen) atoms. The van der Waals surface area contributed by atoms with Gasteiger partial charge in [-0.05, 0) is 282 Å². The highest BCUT2D eigenvalue weighted by atomic mass is 35.5. The number of aromatic hydroxyl groups is 1. The lowest BCUT2D eigenvalue weighted by Gasteiger charge is -2.23. The fourth-order valence-electron chi connectivity index (χ4n) is 16.6. The van der Waals surface area contributed by atoms with Gasteiger partial charge in [0.1, 0.15) is 28.2 Å². The Morgan fingerprint density at radius 2 is 0.803 bits per heavy atom. The number of hydrogen-bond donors (Lipinski definition) is 3. The maximum Gasteiger partial charge on any atom is 0.489 e. The standard InChI is InChI=1S/C20H20ClNOS.C19H18ClNO2S.C19H17NO2S.C18H19ClNS.C16H14ClNS.C10H11NS.C7H8BClO2.CHF3O3S/c1-5-22-18(11-14(4)23)24-17-9-7-13(3)19(20(17)22)15-10-12(2)6-8-16(15)21;1-4-21-17(10-12(3)22)24-16-8-7-15(23)18(19(16)21)13-9-11(2)5-6-14(13)20;1-4-20-17(10-12(3)21)23-16-8-7-15-18(19(16)20)13-9-11(2)5-6-14(13)22-15;1-5-20-13(4)21-16-9-7-12(3)17(18(16)20)14-10-11(2)6-8-15(14)19;1-9-4-6-13(17)12(8-9)15-10(2)5-7-14-16(15)18-11(3)19-14;1-6-4-5-9-10(7(6)2)11-8(3)12-9;1-5-2-3-7(9)6(4-5)8(10)11;2-1(3,4)8(5,6)7/h6-11H,5H2,1-4H3;5-10,23H,4H2,1-3H3;5-10H,4H2,1-3H3;6-10H,5H2,1-4H3;4-8H,1-3H3;4-5H,1-3H3;2-4,10-11H,1H3;(H,5,6,7)/q;;;+1;;;;/p-1/b18-11-;2*17-10-;;;;;. The molecular formula is C110H107BCl5F3N6O10S7. The molecule has 3 aliphatic heterocycles. The minimum Gasteiger partial charge on any atom is -0.741 e. The number of carbonyl (C=O) groups is 3. The number of carbonyl (C=O) groups excluding carboxylic acids is 3. The van der Waals surface area contributed by atoms with Gasteiger partial charge in [0.25, 0.3) is 0 Å². The molecule has 0 aliphatic carbocycles. The van der Waals surface area contributed by atoms with Gasteiger partial charge in [-0.1, -0.05) is 205 Å². The van der Waals surface area contributed by atoms with Crippen LogP contribution in [0.4, 0.5) is 30.2 Å². The number of benzene rings is 12. The fourth-order valence-corrected chi connectivity index (χ4v) is 24.2. The number of rotatable bonds is 12. The van der Waals surface area contributed by atoms with Gasteiger partial charge in [-0.25, -0.2) is 18.4 Å². The van der Waals surface area contributed by atoms with E-state index in [0.717, 1.165) is 154 Å². The van der Waals surface area contributed by atoms with E-state index in [9.17, 15) is 32.7 Å². The molecule has 0 saturated heterocycles. The molecule has 0 atom stereocenters. The molecule has 0 bridgehead atoms. The highest BCUT2D eigenvalue weighted by molar-refractivity contribution is 8.04. The summed E-state index contributed by atoms with van der Waals surface area (Å²) in [5.74, 6) is 0.325. The number of thioether (sulfide) groups is 3. The maximum atomic E-state index is 11.6. The number of nitrogens with zero attached hydrogens (tertiary/aromatic N) is 6. The second-order valence-electron chi connectivity index (χ2n) is 34.2. The Morgan fingerprint density at radius 1 is 0.444 bits per heavy atom. The Hall–Kier alpha value is -10.3. The zero-order valence-corrected chi connectivity index (χ0v) is 91.7. The minimum absolute atomic E-state index is 0.00289. The van der Waals surface area contributed by atoms with Crippen molar-refractivity contribution >= 4 is 237 Å². The third kappa shape index (κ3) is 25.4. The molecule has 3 N–H and O–H groups in total. The molecule has 0 saturated carbocycles. The number of furan rings is 1. The van der Waals surface area contributed by atoms with Gasteiger partial charge in [0, 0.05) is 134 Å². The van der Waals surface area contributed by atoms with E-state index in [4.69, 9.17) is 85.4 Å². The number of alkyl halides is 3. The fraction of sp³-hybridized carbons (Fsp3) is 0.236. The van der Waals surface area contributed by atoms with Crippen LogP contribution in [0.25, 0.3) is 97.1 Å². The molecule has 0 amide bonds. The molecule has 0 fully saturated rings. The predicted octanol–water partition coefficient (Wildman–Crippen LogP) is 31.2. The van der Waals surface area contributed by atoms with Gasteiger partial charge >= 0.3 is 12.6 Å². The Bertz CT molecular complexity index is 7660. The van der Waals surface area contributed by atoms with Crippen molar-refractivity contribution in [2.75, 3.05) is 34.3 Å². The highest BCUT2D eigenvalue weighted by Crippen LogP contribution is 2.57. The lowest BCUT2D eigenvalue weighted by atomic mass is 9.79. The van der Waals surface area contributed by atoms with E-state index in [1.54, 1.807) is 103 Å². The van der Waals surface area contributed by atoms with E-state index in [1.165, 1.54) is 107 Å². The van der Waals surface area contributed by atoms with Crippen LogP contribution in [0.15, 0.2) is 234 Å². The molecule has 19 rings (SSSR count). The summed E-state index contributed by atoms with van der Waals surface area (Å²) in [7, 11) is -7.57. The quantitative estimate of drug-likeness (QED) is 0.0340. The SMILES string of the molecule is CCN1/C(=C/C(C)=O)Sc2ccc(C)c(-c3cc(C)ccc3Cl)c21.CCN1/C(=C/C(C)=O)Sc2ccc(O)c(-c3cc(C)ccc3Cl)c21.CCN1/C(=C/C(C)=O)Sc2ccc3oc4ccc(C)cc4c3c21.CC[n+]1c(C)sc2ccc(C)c(-c3cc(C)ccc3Cl)c21.Cc1ccc(Cl)c(-c2c(C)ccc3sc(C)nc23)c1.Cc1ccc(Cl)c(B(O)O)c1.Cc1nc2c(C)c(C)ccc2s1.O=S(=O)([O-])C(F)(F)F. The number of halogens is 8. The smallest absolute Gasteiger partial charge is 0.489 e. The van der Waals surface area contributed by atoms with E-state index >= 15 is 0 Å². The number of allylic oxidation sites excluding steroid dienone is 3. The van der Waals surface area contributed by atoms with E-state index < -0.39 is 22.7 Å². The van der Waals surface area contributed by atoms with Crippen molar-refractivity contribution in [3.8, 4) is 50.3 Å². The maximum absolute atomic E-state index is 11.6. The molecular weight excluding hydrogens is 2030 g/mol. The number of hydrogen-bond acceptors (Lipinski definition) is 21. The highest BCUT2D eigenvalue weighted by Gasteiger charge is 2.38. The second kappa shape index (κ2) is 47.3. The van der Waals surface area contributed by atoms with Crippen LogP contribution >= 0.6 is 127 Å². The van der Waals surface area contributed by atoms with Crippen molar-refractivity contribution in [1.29, 1.82) is 0 Å². The van der Waals surface area contributed by atoms with Gasteiger partial charge < -0.3 is 38.8 Å². The van der Waals surface area contributed by atoms with Crippen LogP contribution in [0.5, 0.6) is 5.75 Å². The molecule has 4 aromatic heterocycles. The number of thiazole rings is 3. The average Bonchev–Trinajstić information content (AvgIpc) is 1.57. The Balaban J connectivity index is 0.000000148. The first-order chi connectivity index (χ1) is 67.0. The summed E-state index contributed by atoms with van der Waals surface area (Å²) < 4.78 is 71.2. The molecule has 0 spiro atoms. The van der Waals surface area contributed by atoms with Crippen LogP contribution in [-0.2, 0) is 31.0 Å². The summed E-state index contributed by atoms with van der Waals surface area (Å²) in [5, 5.41) is 40.2. The van der Waals surface area contributed by atoms with Gasteiger partial charge in [0.2, 0.25) is 10.5 Å². The van der Waals surface area contributed by atoms with Gasteiger partial charge in [0.15, 0.2) is 27.5 Å². The zero-order chi connectivity index (χ0) is 104. The molecule has 16 aromatic rings. The molecule has 32 heteroatoms. The monoisotopic (exact) mass is 2140 g/mol. The van der Waals surface area contributed by atoms with E-state index in [2.05, 4.69) is 217 Å². The molecule has 16 nitrogen and oxygen atoms in total. The normalized spacial score (nSPS) is 13.3.